The van der Waals surface area contributed by atoms with Gasteiger partial charge in [0.05, 0.1) is 11.2 Å². The Morgan fingerprint density at radius 2 is 2.26 bits per heavy atom. The molecule has 2 atom stereocenters. The number of aromatic nitrogens is 1. The third kappa shape index (κ3) is 3.28. The molecule has 1 aromatic rings. The van der Waals surface area contributed by atoms with E-state index in [9.17, 15) is 8.42 Å². The highest BCUT2D eigenvalue weighted by atomic mass is 35.5. The summed E-state index contributed by atoms with van der Waals surface area (Å²) in [4.78, 5) is 4.03. The monoisotopic (exact) mass is 325 g/mol. The topological polar surface area (TPSA) is 76.3 Å². The summed E-state index contributed by atoms with van der Waals surface area (Å²) in [6.07, 6.45) is 3.38. The van der Waals surface area contributed by atoms with E-state index in [-0.39, 0.29) is 18.4 Å². The summed E-state index contributed by atoms with van der Waals surface area (Å²) >= 11 is 1.22. The minimum atomic E-state index is -3.43. The average Bonchev–Trinajstić information content (AvgIpc) is 2.76. The van der Waals surface area contributed by atoms with Crippen LogP contribution in [0.25, 0.3) is 0 Å². The van der Waals surface area contributed by atoms with Crippen LogP contribution in [-0.2, 0) is 10.0 Å². The van der Waals surface area contributed by atoms with Crippen LogP contribution in [0.2, 0.25) is 0 Å². The van der Waals surface area contributed by atoms with E-state index in [0.29, 0.717) is 23.2 Å². The molecule has 1 fully saturated rings. The Morgan fingerprint density at radius 1 is 1.58 bits per heavy atom. The Kier molecular flexibility index (Phi) is 5.76. The summed E-state index contributed by atoms with van der Waals surface area (Å²) in [6.45, 7) is 4.81. The third-order valence-corrected chi connectivity index (χ3v) is 6.74. The van der Waals surface area contributed by atoms with E-state index in [2.05, 4.69) is 11.9 Å². The zero-order valence-corrected chi connectivity index (χ0v) is 13.5. The first kappa shape index (κ1) is 16.8. The molecule has 8 heteroatoms. The van der Waals surface area contributed by atoms with Crippen LogP contribution < -0.4 is 5.73 Å². The van der Waals surface area contributed by atoms with Crippen molar-refractivity contribution in [3.05, 3.63) is 11.2 Å². The van der Waals surface area contributed by atoms with Crippen molar-refractivity contribution in [3.8, 4) is 0 Å². The lowest BCUT2D eigenvalue weighted by atomic mass is 9.93. The molecule has 5 nitrogen and oxygen atoms in total. The SMILES string of the molecule is Cc1ncc(S(=O)(=O)N2CCCC(C)C2CN)s1.Cl. The average molecular weight is 326 g/mol. The molecule has 0 saturated carbocycles. The molecule has 0 bridgehead atoms. The maximum Gasteiger partial charge on any atom is 0.254 e. The smallest absolute Gasteiger partial charge is 0.254 e. The van der Waals surface area contributed by atoms with Gasteiger partial charge in [-0.2, -0.15) is 4.31 Å². The first-order valence-corrected chi connectivity index (χ1v) is 8.37. The number of sulfonamides is 1. The molecule has 1 aliphatic heterocycles. The highest BCUT2D eigenvalue weighted by molar-refractivity contribution is 7.91. The first-order chi connectivity index (χ1) is 8.46. The van der Waals surface area contributed by atoms with Crippen molar-refractivity contribution in [2.24, 2.45) is 11.7 Å². The number of nitrogens with two attached hydrogens (primary N) is 1. The van der Waals surface area contributed by atoms with Gasteiger partial charge in [0.25, 0.3) is 10.0 Å². The molecule has 0 aromatic carbocycles. The molecule has 0 radical (unpaired) electrons. The van der Waals surface area contributed by atoms with Gasteiger partial charge in [-0.15, -0.1) is 23.7 Å². The van der Waals surface area contributed by atoms with Crippen LogP contribution in [0.3, 0.4) is 0 Å². The van der Waals surface area contributed by atoms with Gasteiger partial charge in [0.2, 0.25) is 0 Å². The highest BCUT2D eigenvalue weighted by Gasteiger charge is 2.37. The first-order valence-electron chi connectivity index (χ1n) is 6.11. The summed E-state index contributed by atoms with van der Waals surface area (Å²) in [5.74, 6) is 0.313. The Bertz CT molecular complexity index is 518. The summed E-state index contributed by atoms with van der Waals surface area (Å²) in [5, 5.41) is 0.767. The molecule has 0 spiro atoms. The van der Waals surface area contributed by atoms with E-state index >= 15 is 0 Å². The van der Waals surface area contributed by atoms with Crippen molar-refractivity contribution in [1.82, 2.24) is 9.29 Å². The van der Waals surface area contributed by atoms with Gasteiger partial charge in [0, 0.05) is 19.1 Å². The Hall–Kier alpha value is -0.210. The predicted octanol–water partition coefficient (Wildman–Crippen LogP) is 1.62. The third-order valence-electron chi connectivity index (χ3n) is 3.47. The number of rotatable bonds is 3. The summed E-state index contributed by atoms with van der Waals surface area (Å²) in [5.41, 5.74) is 5.75. The van der Waals surface area contributed by atoms with Crippen LogP contribution in [0.15, 0.2) is 10.4 Å². The minimum absolute atomic E-state index is 0. The lowest BCUT2D eigenvalue weighted by molar-refractivity contribution is 0.193. The number of nitrogens with zero attached hydrogens (tertiary/aromatic N) is 2. The Labute approximate surface area is 124 Å². The van der Waals surface area contributed by atoms with Crippen molar-refractivity contribution in [1.29, 1.82) is 0 Å². The van der Waals surface area contributed by atoms with Gasteiger partial charge in [0.15, 0.2) is 4.21 Å². The van der Waals surface area contributed by atoms with E-state index < -0.39 is 10.0 Å². The Morgan fingerprint density at radius 3 is 2.79 bits per heavy atom. The number of halogens is 1. The number of hydrogen-bond acceptors (Lipinski definition) is 5. The van der Waals surface area contributed by atoms with E-state index in [1.54, 1.807) is 4.31 Å². The molecule has 2 heterocycles. The number of hydrogen-bond donors (Lipinski definition) is 1. The molecule has 2 rings (SSSR count). The molecule has 1 aromatic heterocycles. The molecule has 1 saturated heterocycles. The van der Waals surface area contributed by atoms with E-state index in [4.69, 9.17) is 5.73 Å². The van der Waals surface area contributed by atoms with Crippen molar-refractivity contribution >= 4 is 33.8 Å². The summed E-state index contributed by atoms with van der Waals surface area (Å²) in [6, 6.07) is -0.0915. The minimum Gasteiger partial charge on any atom is -0.329 e. The van der Waals surface area contributed by atoms with Gasteiger partial charge in [-0.1, -0.05) is 6.92 Å². The van der Waals surface area contributed by atoms with Crippen molar-refractivity contribution in [2.45, 2.75) is 36.9 Å². The second-order valence-electron chi connectivity index (χ2n) is 4.74. The van der Waals surface area contributed by atoms with Crippen LogP contribution >= 0.6 is 23.7 Å². The molecule has 0 aliphatic carbocycles. The second kappa shape index (κ2) is 6.49. The van der Waals surface area contributed by atoms with Crippen molar-refractivity contribution < 1.29 is 8.42 Å². The van der Waals surface area contributed by atoms with Crippen LogP contribution in [0.1, 0.15) is 24.8 Å². The quantitative estimate of drug-likeness (QED) is 0.916. The fourth-order valence-corrected chi connectivity index (χ4v) is 5.45. The van der Waals surface area contributed by atoms with Gasteiger partial charge in [-0.05, 0) is 25.7 Å². The fourth-order valence-electron chi connectivity index (χ4n) is 2.44. The lowest BCUT2D eigenvalue weighted by Crippen LogP contribution is -2.51. The molecular weight excluding hydrogens is 306 g/mol. The lowest BCUT2D eigenvalue weighted by Gasteiger charge is -2.37. The van der Waals surface area contributed by atoms with E-state index in [0.717, 1.165) is 17.8 Å². The molecule has 2 unspecified atom stereocenters. The van der Waals surface area contributed by atoms with Gasteiger partial charge >= 0.3 is 0 Å². The van der Waals surface area contributed by atoms with Crippen LogP contribution in [0.5, 0.6) is 0 Å². The zero-order chi connectivity index (χ0) is 13.3. The second-order valence-corrected chi connectivity index (χ2v) is 8.09. The van der Waals surface area contributed by atoms with Crippen LogP contribution in [0, 0.1) is 12.8 Å². The van der Waals surface area contributed by atoms with Crippen LogP contribution in [0.4, 0.5) is 0 Å². The predicted molar refractivity (Wildman–Crippen MR) is 79.2 cm³/mol. The van der Waals surface area contributed by atoms with Crippen LogP contribution in [-0.4, -0.2) is 36.8 Å². The molecule has 2 N–H and O–H groups in total. The molecule has 1 aliphatic rings. The summed E-state index contributed by atoms with van der Waals surface area (Å²) < 4.78 is 27.0. The maximum atomic E-state index is 12.6. The van der Waals surface area contributed by atoms with Gasteiger partial charge < -0.3 is 5.73 Å². The maximum absolute atomic E-state index is 12.6. The largest absolute Gasteiger partial charge is 0.329 e. The zero-order valence-electron chi connectivity index (χ0n) is 11.1. The van der Waals surface area contributed by atoms with Gasteiger partial charge in [0.1, 0.15) is 0 Å². The summed E-state index contributed by atoms with van der Waals surface area (Å²) in [7, 11) is -3.43. The van der Waals surface area contributed by atoms with Crippen molar-refractivity contribution in [3.63, 3.8) is 0 Å². The standard InChI is InChI=1S/C11H19N3O2S2.ClH/c1-8-4-3-5-14(10(8)6-12)18(15,16)11-7-13-9(2)17-11;/h7-8,10H,3-6,12H2,1-2H3;1H. The van der Waals surface area contributed by atoms with E-state index in [1.165, 1.54) is 17.5 Å². The highest BCUT2D eigenvalue weighted by Crippen LogP contribution is 2.30. The Balaban J connectivity index is 0.00000180. The fraction of sp³-hybridized carbons (Fsp3) is 0.727. The molecular formula is C11H20ClN3O2S2. The molecule has 110 valence electrons. The molecule has 19 heavy (non-hydrogen) atoms. The van der Waals surface area contributed by atoms with Gasteiger partial charge in [-0.25, -0.2) is 13.4 Å². The normalized spacial score (nSPS) is 25.0. The number of aryl methyl sites for hydroxylation is 1. The number of thiazole rings is 1. The number of piperidine rings is 1. The van der Waals surface area contributed by atoms with E-state index in [1.807, 2.05) is 6.92 Å². The van der Waals surface area contributed by atoms with Gasteiger partial charge in [-0.3, -0.25) is 0 Å². The molecule has 0 amide bonds. The van der Waals surface area contributed by atoms with Crippen molar-refractivity contribution in [2.75, 3.05) is 13.1 Å².